The first-order valence-electron chi connectivity index (χ1n) is 10.5. The second-order valence-electron chi connectivity index (χ2n) is 8.04. The van der Waals surface area contributed by atoms with E-state index in [1.807, 2.05) is 6.07 Å². The summed E-state index contributed by atoms with van der Waals surface area (Å²) in [6.07, 6.45) is 5.23. The number of fused-ring (bicyclic) bond motifs is 1. The van der Waals surface area contributed by atoms with Gasteiger partial charge in [0.05, 0.1) is 7.11 Å². The van der Waals surface area contributed by atoms with E-state index in [0.717, 1.165) is 19.3 Å². The fraction of sp³-hybridized carbons (Fsp3) is 0.320. The van der Waals surface area contributed by atoms with Gasteiger partial charge in [-0.25, -0.2) is 4.79 Å². The van der Waals surface area contributed by atoms with Gasteiger partial charge in [-0.2, -0.15) is 4.89 Å². The van der Waals surface area contributed by atoms with Crippen LogP contribution in [0, 0.1) is 0 Å². The normalized spacial score (nSPS) is 25.0. The Labute approximate surface area is 180 Å². The largest absolute Gasteiger partial charge is 0.497 e. The molecule has 2 heterocycles. The molecule has 6 heteroatoms. The molecular formula is C25H24O6. The molecule has 0 aromatic heterocycles. The van der Waals surface area contributed by atoms with Gasteiger partial charge >= 0.3 is 5.97 Å². The third-order valence-corrected chi connectivity index (χ3v) is 6.31. The number of hydrogen-bond donors (Lipinski definition) is 1. The SMILES string of the molecule is COc1ccc(C2(O)OC(=O)C(C3=CCOO3)=C2CC2CCCc3ccccc32)cc1. The number of methoxy groups -OCH3 is 1. The standard InChI is InChI=1S/C25H24O6/c1-28-19-11-9-18(10-12-19)25(27)21(23(24(26)30-25)22-13-14-29-31-22)15-17-7-4-6-16-5-2-3-8-20(16)17/h2-3,5,8-13,17,27H,4,6-7,14-15H2,1H3. The van der Waals surface area contributed by atoms with Gasteiger partial charge < -0.3 is 19.5 Å². The fourth-order valence-corrected chi connectivity index (χ4v) is 4.78. The van der Waals surface area contributed by atoms with Crippen LogP contribution >= 0.6 is 0 Å². The second-order valence-corrected chi connectivity index (χ2v) is 8.04. The van der Waals surface area contributed by atoms with Gasteiger partial charge in [0.2, 0.25) is 0 Å². The van der Waals surface area contributed by atoms with Crippen molar-refractivity contribution in [3.8, 4) is 5.75 Å². The summed E-state index contributed by atoms with van der Waals surface area (Å²) in [5, 5.41) is 11.7. The first-order valence-corrected chi connectivity index (χ1v) is 10.5. The van der Waals surface area contributed by atoms with E-state index in [-0.39, 0.29) is 18.1 Å². The highest BCUT2D eigenvalue weighted by Crippen LogP contribution is 2.48. The van der Waals surface area contributed by atoms with E-state index < -0.39 is 11.8 Å². The van der Waals surface area contributed by atoms with Gasteiger partial charge in [-0.05, 0) is 73.1 Å². The molecule has 1 aliphatic carbocycles. The van der Waals surface area contributed by atoms with E-state index in [2.05, 4.69) is 18.2 Å². The van der Waals surface area contributed by atoms with E-state index in [1.165, 1.54) is 11.1 Å². The van der Waals surface area contributed by atoms with Crippen LogP contribution in [0.4, 0.5) is 0 Å². The Kier molecular flexibility index (Phi) is 5.04. The van der Waals surface area contributed by atoms with Crippen LogP contribution in [0.15, 0.2) is 71.5 Å². The number of esters is 1. The van der Waals surface area contributed by atoms with Crippen molar-refractivity contribution in [3.05, 3.63) is 88.2 Å². The predicted molar refractivity (Wildman–Crippen MR) is 112 cm³/mol. The summed E-state index contributed by atoms with van der Waals surface area (Å²) in [5.74, 6) is -1.38. The Morgan fingerprint density at radius 2 is 1.97 bits per heavy atom. The Bertz CT molecular complexity index is 1070. The quantitative estimate of drug-likeness (QED) is 0.581. The molecule has 6 nitrogen and oxygen atoms in total. The van der Waals surface area contributed by atoms with Crippen molar-refractivity contribution in [1.29, 1.82) is 0 Å². The zero-order chi connectivity index (χ0) is 21.4. The molecule has 0 bridgehead atoms. The lowest BCUT2D eigenvalue weighted by molar-refractivity contribution is -0.231. The molecule has 2 aromatic rings. The molecule has 0 amide bonds. The smallest absolute Gasteiger partial charge is 0.345 e. The molecule has 0 saturated heterocycles. The summed E-state index contributed by atoms with van der Waals surface area (Å²) in [6.45, 7) is 0.243. The zero-order valence-corrected chi connectivity index (χ0v) is 17.3. The Morgan fingerprint density at radius 1 is 1.16 bits per heavy atom. The van der Waals surface area contributed by atoms with Gasteiger partial charge in [0.15, 0.2) is 5.76 Å². The van der Waals surface area contributed by atoms with Crippen molar-refractivity contribution in [2.45, 2.75) is 37.4 Å². The van der Waals surface area contributed by atoms with Crippen LogP contribution in [0.1, 0.15) is 41.9 Å². The second kappa shape index (κ2) is 7.87. The lowest BCUT2D eigenvalue weighted by Gasteiger charge is -2.31. The third-order valence-electron chi connectivity index (χ3n) is 6.31. The van der Waals surface area contributed by atoms with Gasteiger partial charge in [0.25, 0.3) is 5.79 Å². The number of benzene rings is 2. The molecule has 2 aliphatic heterocycles. The molecule has 3 aliphatic rings. The van der Waals surface area contributed by atoms with Gasteiger partial charge in [-0.3, -0.25) is 0 Å². The summed E-state index contributed by atoms with van der Waals surface area (Å²) in [5.41, 5.74) is 3.80. The van der Waals surface area contributed by atoms with E-state index in [4.69, 9.17) is 19.2 Å². The highest BCUT2D eigenvalue weighted by atomic mass is 17.2. The highest BCUT2D eigenvalue weighted by molar-refractivity contribution is 5.97. The van der Waals surface area contributed by atoms with Crippen LogP contribution in [-0.4, -0.2) is 24.8 Å². The van der Waals surface area contributed by atoms with Crippen molar-refractivity contribution >= 4 is 5.97 Å². The number of carbonyl (C=O) groups excluding carboxylic acids is 1. The Balaban J connectivity index is 1.60. The Hall–Kier alpha value is -3.09. The maximum Gasteiger partial charge on any atom is 0.345 e. The summed E-state index contributed by atoms with van der Waals surface area (Å²) < 4.78 is 10.8. The van der Waals surface area contributed by atoms with Crippen LogP contribution in [0.25, 0.3) is 0 Å². The van der Waals surface area contributed by atoms with Crippen LogP contribution in [0.3, 0.4) is 0 Å². The van der Waals surface area contributed by atoms with Gasteiger partial charge in [-0.15, -0.1) is 0 Å². The van der Waals surface area contributed by atoms with Crippen LogP contribution < -0.4 is 4.74 Å². The van der Waals surface area contributed by atoms with Crippen LogP contribution in [-0.2, 0) is 31.5 Å². The van der Waals surface area contributed by atoms with Crippen molar-refractivity contribution < 1.29 is 29.1 Å². The lowest BCUT2D eigenvalue weighted by atomic mass is 9.77. The predicted octanol–water partition coefficient (Wildman–Crippen LogP) is 4.05. The molecule has 0 radical (unpaired) electrons. The molecule has 2 atom stereocenters. The van der Waals surface area contributed by atoms with Crippen molar-refractivity contribution in [2.24, 2.45) is 0 Å². The summed E-state index contributed by atoms with van der Waals surface area (Å²) in [7, 11) is 1.58. The van der Waals surface area contributed by atoms with Crippen molar-refractivity contribution in [3.63, 3.8) is 0 Å². The topological polar surface area (TPSA) is 74.2 Å². The van der Waals surface area contributed by atoms with Gasteiger partial charge in [-0.1, -0.05) is 24.3 Å². The molecule has 0 fully saturated rings. The molecular weight excluding hydrogens is 396 g/mol. The maximum atomic E-state index is 12.9. The number of rotatable bonds is 5. The minimum atomic E-state index is -1.88. The number of cyclic esters (lactones) is 1. The van der Waals surface area contributed by atoms with Crippen LogP contribution in [0.2, 0.25) is 0 Å². The van der Waals surface area contributed by atoms with E-state index in [0.29, 0.717) is 29.1 Å². The van der Waals surface area contributed by atoms with Crippen molar-refractivity contribution in [2.75, 3.05) is 13.7 Å². The lowest BCUT2D eigenvalue weighted by Crippen LogP contribution is -2.30. The molecule has 1 N–H and O–H groups in total. The molecule has 2 unspecified atom stereocenters. The highest BCUT2D eigenvalue weighted by Gasteiger charge is 2.50. The Morgan fingerprint density at radius 3 is 2.71 bits per heavy atom. The summed E-state index contributed by atoms with van der Waals surface area (Å²) in [4.78, 5) is 23.1. The molecule has 0 spiro atoms. The van der Waals surface area contributed by atoms with E-state index in [1.54, 1.807) is 37.5 Å². The van der Waals surface area contributed by atoms with Gasteiger partial charge in [0.1, 0.15) is 17.9 Å². The molecule has 2 aromatic carbocycles. The van der Waals surface area contributed by atoms with Crippen molar-refractivity contribution in [1.82, 2.24) is 0 Å². The number of ether oxygens (including phenoxy) is 2. The molecule has 160 valence electrons. The van der Waals surface area contributed by atoms with E-state index >= 15 is 0 Å². The number of carbonyl (C=O) groups is 1. The molecule has 5 rings (SSSR count). The number of aliphatic hydroxyl groups is 1. The average Bonchev–Trinajstić information content (AvgIpc) is 3.41. The molecule has 0 saturated carbocycles. The van der Waals surface area contributed by atoms with Crippen LogP contribution in [0.5, 0.6) is 5.75 Å². The summed E-state index contributed by atoms with van der Waals surface area (Å²) in [6, 6.07) is 15.3. The van der Waals surface area contributed by atoms with E-state index in [9.17, 15) is 9.90 Å². The monoisotopic (exact) mass is 420 g/mol. The third kappa shape index (κ3) is 3.42. The minimum absolute atomic E-state index is 0.164. The average molecular weight is 420 g/mol. The first-order chi connectivity index (χ1) is 15.1. The number of aryl methyl sites for hydroxylation is 1. The molecule has 31 heavy (non-hydrogen) atoms. The number of hydrogen-bond acceptors (Lipinski definition) is 6. The summed E-state index contributed by atoms with van der Waals surface area (Å²) >= 11 is 0. The maximum absolute atomic E-state index is 12.9. The first kappa shape index (κ1) is 19.8. The minimum Gasteiger partial charge on any atom is -0.497 e. The van der Waals surface area contributed by atoms with Gasteiger partial charge in [0, 0.05) is 11.1 Å². The zero-order valence-electron chi connectivity index (χ0n) is 17.3. The fourth-order valence-electron chi connectivity index (χ4n) is 4.78.